The molecule has 1 aliphatic heterocycles. The van der Waals surface area contributed by atoms with Crippen molar-refractivity contribution in [2.45, 2.75) is 32.7 Å². The lowest BCUT2D eigenvalue weighted by Crippen LogP contribution is -2.47. The van der Waals surface area contributed by atoms with Crippen LogP contribution < -0.4 is 10.6 Å². The zero-order valence-electron chi connectivity index (χ0n) is 15.7. The first-order chi connectivity index (χ1) is 13.0. The van der Waals surface area contributed by atoms with Crippen molar-refractivity contribution in [2.24, 2.45) is 17.6 Å². The van der Waals surface area contributed by atoms with Gasteiger partial charge < -0.3 is 10.6 Å². The highest BCUT2D eigenvalue weighted by Gasteiger charge is 2.28. The Balaban J connectivity index is 1.66. The van der Waals surface area contributed by atoms with Crippen LogP contribution in [0.15, 0.2) is 30.5 Å². The maximum atomic E-state index is 6.47. The predicted molar refractivity (Wildman–Crippen MR) is 110 cm³/mol. The van der Waals surface area contributed by atoms with E-state index in [1.807, 2.05) is 24.3 Å². The fraction of sp³-hybridized carbons (Fsp3) is 0.450. The molecule has 3 aromatic heterocycles. The van der Waals surface area contributed by atoms with Gasteiger partial charge in [-0.05, 0) is 48.9 Å². The number of pyridine rings is 2. The maximum Gasteiger partial charge on any atom is 0.155 e. The second-order valence-corrected chi connectivity index (χ2v) is 8.17. The Hall–Kier alpha value is -2.18. The third-order valence-electron chi connectivity index (χ3n) is 5.28. The molecule has 0 bridgehead atoms. The van der Waals surface area contributed by atoms with E-state index in [1.165, 1.54) is 0 Å². The maximum absolute atomic E-state index is 6.47. The monoisotopic (exact) mass is 384 g/mol. The molecule has 7 heteroatoms. The minimum absolute atomic E-state index is 0.261. The number of halogens is 1. The highest BCUT2D eigenvalue weighted by atomic mass is 35.5. The van der Waals surface area contributed by atoms with Crippen molar-refractivity contribution in [1.29, 1.82) is 0 Å². The van der Waals surface area contributed by atoms with Crippen molar-refractivity contribution in [1.82, 2.24) is 20.2 Å². The third kappa shape index (κ3) is 3.64. The number of nitrogens with zero attached hydrogens (tertiary/aromatic N) is 4. The van der Waals surface area contributed by atoms with Crippen molar-refractivity contribution in [2.75, 3.05) is 18.0 Å². The summed E-state index contributed by atoms with van der Waals surface area (Å²) >= 11 is 6.47. The molecule has 1 fully saturated rings. The first-order valence-corrected chi connectivity index (χ1v) is 9.87. The van der Waals surface area contributed by atoms with E-state index in [0.29, 0.717) is 22.6 Å². The van der Waals surface area contributed by atoms with E-state index in [2.05, 4.69) is 33.9 Å². The average molecular weight is 385 g/mol. The van der Waals surface area contributed by atoms with Gasteiger partial charge in [-0.3, -0.25) is 5.10 Å². The quantitative estimate of drug-likeness (QED) is 0.713. The summed E-state index contributed by atoms with van der Waals surface area (Å²) in [4.78, 5) is 11.5. The standard InChI is InChI=1S/C20H25ClN6/c1-12(2)10-13-11-27(9-7-16(13)22)17-6-5-15(21)19(24-17)18-14-4-3-8-23-20(14)26-25-18/h3-6,8,12-13,16H,7,9-11,22H2,1-2H3,(H,23,25,26)/t13-,16+/m0/s1. The van der Waals surface area contributed by atoms with Crippen LogP contribution in [0.3, 0.4) is 0 Å². The Labute approximate surface area is 164 Å². The van der Waals surface area contributed by atoms with Crippen LogP contribution in [-0.4, -0.2) is 39.3 Å². The number of fused-ring (bicyclic) bond motifs is 1. The summed E-state index contributed by atoms with van der Waals surface area (Å²) in [6, 6.07) is 8.02. The minimum Gasteiger partial charge on any atom is -0.356 e. The molecule has 3 N–H and O–H groups in total. The number of aromatic amines is 1. The van der Waals surface area contributed by atoms with Gasteiger partial charge in [0, 0.05) is 30.7 Å². The predicted octanol–water partition coefficient (Wildman–Crippen LogP) is 3.87. The molecule has 3 aromatic rings. The number of nitrogens with one attached hydrogen (secondary N) is 1. The number of piperidine rings is 1. The number of aromatic nitrogens is 4. The van der Waals surface area contributed by atoms with Crippen LogP contribution in [0.1, 0.15) is 26.7 Å². The number of anilines is 1. The zero-order valence-corrected chi connectivity index (χ0v) is 16.4. The Morgan fingerprint density at radius 1 is 1.30 bits per heavy atom. The van der Waals surface area contributed by atoms with Crippen LogP contribution in [0.2, 0.25) is 5.02 Å². The van der Waals surface area contributed by atoms with Gasteiger partial charge in [0.2, 0.25) is 0 Å². The van der Waals surface area contributed by atoms with E-state index >= 15 is 0 Å². The van der Waals surface area contributed by atoms with E-state index in [1.54, 1.807) is 6.20 Å². The van der Waals surface area contributed by atoms with E-state index in [-0.39, 0.29) is 6.04 Å². The van der Waals surface area contributed by atoms with Crippen LogP contribution in [0, 0.1) is 11.8 Å². The highest BCUT2D eigenvalue weighted by molar-refractivity contribution is 6.33. The number of nitrogens with two attached hydrogens (primary N) is 1. The smallest absolute Gasteiger partial charge is 0.155 e. The van der Waals surface area contributed by atoms with Gasteiger partial charge in [0.05, 0.1) is 5.02 Å². The number of hydrogen-bond acceptors (Lipinski definition) is 5. The molecule has 0 radical (unpaired) electrons. The Kier molecular flexibility index (Phi) is 5.02. The number of H-pyrrole nitrogens is 1. The van der Waals surface area contributed by atoms with Crippen molar-refractivity contribution in [3.63, 3.8) is 0 Å². The van der Waals surface area contributed by atoms with Crippen molar-refractivity contribution >= 4 is 28.5 Å². The van der Waals surface area contributed by atoms with Crippen LogP contribution in [-0.2, 0) is 0 Å². The summed E-state index contributed by atoms with van der Waals surface area (Å²) in [5.74, 6) is 2.04. The summed E-state index contributed by atoms with van der Waals surface area (Å²) in [7, 11) is 0. The summed E-state index contributed by atoms with van der Waals surface area (Å²) < 4.78 is 0. The molecule has 142 valence electrons. The second kappa shape index (κ2) is 7.44. The molecular weight excluding hydrogens is 360 g/mol. The minimum atomic E-state index is 0.261. The molecule has 0 spiro atoms. The molecule has 27 heavy (non-hydrogen) atoms. The molecule has 1 aliphatic rings. The number of rotatable bonds is 4. The lowest BCUT2D eigenvalue weighted by atomic mass is 9.86. The summed E-state index contributed by atoms with van der Waals surface area (Å²) in [5.41, 5.74) is 8.52. The molecule has 2 atom stereocenters. The second-order valence-electron chi connectivity index (χ2n) is 7.76. The summed E-state index contributed by atoms with van der Waals surface area (Å²) in [5, 5.41) is 8.87. The summed E-state index contributed by atoms with van der Waals surface area (Å²) in [6.45, 7) is 6.34. The van der Waals surface area contributed by atoms with Gasteiger partial charge in [-0.15, -0.1) is 0 Å². The van der Waals surface area contributed by atoms with Crippen LogP contribution in [0.4, 0.5) is 5.82 Å². The van der Waals surface area contributed by atoms with E-state index in [0.717, 1.165) is 48.5 Å². The first kappa shape index (κ1) is 18.2. The lowest BCUT2D eigenvalue weighted by molar-refractivity contribution is 0.303. The molecule has 4 heterocycles. The Morgan fingerprint density at radius 2 is 2.15 bits per heavy atom. The third-order valence-corrected chi connectivity index (χ3v) is 5.59. The van der Waals surface area contributed by atoms with Gasteiger partial charge >= 0.3 is 0 Å². The van der Waals surface area contributed by atoms with Gasteiger partial charge in [0.1, 0.15) is 17.2 Å². The molecule has 0 aliphatic carbocycles. The van der Waals surface area contributed by atoms with Gasteiger partial charge in [-0.25, -0.2) is 9.97 Å². The first-order valence-electron chi connectivity index (χ1n) is 9.49. The molecule has 0 amide bonds. The topological polar surface area (TPSA) is 83.7 Å². The van der Waals surface area contributed by atoms with Gasteiger partial charge in [0.15, 0.2) is 5.65 Å². The molecule has 0 aromatic carbocycles. The van der Waals surface area contributed by atoms with Gasteiger partial charge in [-0.2, -0.15) is 5.10 Å². The van der Waals surface area contributed by atoms with Crippen LogP contribution >= 0.6 is 11.6 Å². The van der Waals surface area contributed by atoms with Crippen LogP contribution in [0.5, 0.6) is 0 Å². The molecule has 6 nitrogen and oxygen atoms in total. The van der Waals surface area contributed by atoms with E-state index < -0.39 is 0 Å². The van der Waals surface area contributed by atoms with Crippen molar-refractivity contribution in [3.05, 3.63) is 35.5 Å². The van der Waals surface area contributed by atoms with Crippen molar-refractivity contribution < 1.29 is 0 Å². The van der Waals surface area contributed by atoms with Gasteiger partial charge in [0.25, 0.3) is 0 Å². The fourth-order valence-electron chi connectivity index (χ4n) is 3.92. The van der Waals surface area contributed by atoms with E-state index in [4.69, 9.17) is 22.3 Å². The SMILES string of the molecule is CC(C)C[C@H]1CN(c2ccc(Cl)c(-c3n[nH]c4ncccc34)n2)CC[C@H]1N. The molecule has 0 unspecified atom stereocenters. The molecule has 1 saturated heterocycles. The Morgan fingerprint density at radius 3 is 2.96 bits per heavy atom. The Bertz CT molecular complexity index is 937. The zero-order chi connectivity index (χ0) is 19.0. The van der Waals surface area contributed by atoms with Gasteiger partial charge in [-0.1, -0.05) is 25.4 Å². The largest absolute Gasteiger partial charge is 0.356 e. The normalized spacial score (nSPS) is 20.6. The van der Waals surface area contributed by atoms with E-state index in [9.17, 15) is 0 Å². The molecular formula is C20H25ClN6. The van der Waals surface area contributed by atoms with Crippen LogP contribution in [0.25, 0.3) is 22.4 Å². The molecule has 4 rings (SSSR count). The fourth-order valence-corrected chi connectivity index (χ4v) is 4.12. The highest BCUT2D eigenvalue weighted by Crippen LogP contribution is 2.33. The number of hydrogen-bond donors (Lipinski definition) is 2. The molecule has 0 saturated carbocycles. The average Bonchev–Trinajstić information content (AvgIpc) is 3.08. The lowest BCUT2D eigenvalue weighted by Gasteiger charge is -2.38. The summed E-state index contributed by atoms with van der Waals surface area (Å²) in [6.07, 6.45) is 3.85. The van der Waals surface area contributed by atoms with Crippen molar-refractivity contribution in [3.8, 4) is 11.4 Å².